The zero-order valence-corrected chi connectivity index (χ0v) is 10.5. The first-order chi connectivity index (χ1) is 7.94. The minimum absolute atomic E-state index is 0.452. The number of hydrogen-bond donors (Lipinski definition) is 2. The first-order valence-corrected chi connectivity index (χ1v) is 6.04. The van der Waals surface area contributed by atoms with Crippen LogP contribution in [0.1, 0.15) is 33.1 Å². The summed E-state index contributed by atoms with van der Waals surface area (Å²) in [6.07, 6.45) is 3.25. The van der Waals surface area contributed by atoms with Crippen molar-refractivity contribution >= 4 is 11.9 Å². The number of carbonyl (C=O) groups excluding carboxylic acids is 1. The van der Waals surface area contributed by atoms with E-state index in [1.54, 1.807) is 0 Å². The van der Waals surface area contributed by atoms with Crippen molar-refractivity contribution in [3.05, 3.63) is 0 Å². The van der Waals surface area contributed by atoms with E-state index in [1.165, 1.54) is 26.7 Å². The second-order valence-electron chi connectivity index (χ2n) is 5.06. The van der Waals surface area contributed by atoms with E-state index in [9.17, 15) is 9.59 Å². The van der Waals surface area contributed by atoms with Crippen LogP contribution in [0.3, 0.4) is 0 Å². The van der Waals surface area contributed by atoms with Crippen LogP contribution in [-0.4, -0.2) is 36.7 Å². The highest BCUT2D eigenvalue weighted by molar-refractivity contribution is 6.00. The van der Waals surface area contributed by atoms with Crippen LogP contribution in [0, 0.1) is 11.3 Å². The SMILES string of the molecule is CC(C)(C(=O)O)C(=O)NCCCOCC1CC1. The molecule has 0 aromatic rings. The third-order valence-corrected chi connectivity index (χ3v) is 2.90. The monoisotopic (exact) mass is 243 g/mol. The van der Waals surface area contributed by atoms with Gasteiger partial charge in [-0.05, 0) is 39.0 Å². The molecule has 1 aliphatic carbocycles. The molecule has 0 aliphatic heterocycles. The highest BCUT2D eigenvalue weighted by Gasteiger charge is 2.35. The second-order valence-corrected chi connectivity index (χ2v) is 5.06. The van der Waals surface area contributed by atoms with Crippen molar-refractivity contribution in [2.75, 3.05) is 19.8 Å². The molecule has 1 fully saturated rings. The predicted octanol–water partition coefficient (Wildman–Crippen LogP) is 1.03. The minimum Gasteiger partial charge on any atom is -0.480 e. The lowest BCUT2D eigenvalue weighted by Gasteiger charge is -2.18. The quantitative estimate of drug-likeness (QED) is 0.493. The standard InChI is InChI=1S/C12H21NO4/c1-12(2,11(15)16)10(14)13-6-3-7-17-8-9-4-5-9/h9H,3-8H2,1-2H3,(H,13,14)(H,15,16). The van der Waals surface area contributed by atoms with Gasteiger partial charge in [-0.25, -0.2) is 0 Å². The lowest BCUT2D eigenvalue weighted by molar-refractivity contribution is -0.153. The Morgan fingerprint density at radius 3 is 2.59 bits per heavy atom. The molecule has 0 aromatic heterocycles. The number of ether oxygens (including phenoxy) is 1. The van der Waals surface area contributed by atoms with Crippen LogP contribution < -0.4 is 5.32 Å². The molecule has 0 atom stereocenters. The Balaban J connectivity index is 2.04. The van der Waals surface area contributed by atoms with Crippen molar-refractivity contribution in [2.45, 2.75) is 33.1 Å². The fourth-order valence-corrected chi connectivity index (χ4v) is 1.23. The van der Waals surface area contributed by atoms with Crippen molar-refractivity contribution in [1.82, 2.24) is 5.32 Å². The van der Waals surface area contributed by atoms with Gasteiger partial charge in [0.15, 0.2) is 0 Å². The largest absolute Gasteiger partial charge is 0.480 e. The fourth-order valence-electron chi connectivity index (χ4n) is 1.23. The van der Waals surface area contributed by atoms with E-state index in [0.29, 0.717) is 19.6 Å². The Labute approximate surface area is 102 Å². The summed E-state index contributed by atoms with van der Waals surface area (Å²) in [5.41, 5.74) is -1.37. The van der Waals surface area contributed by atoms with Gasteiger partial charge in [-0.1, -0.05) is 0 Å². The first kappa shape index (κ1) is 14.0. The van der Waals surface area contributed by atoms with Crippen molar-refractivity contribution in [3.8, 4) is 0 Å². The van der Waals surface area contributed by atoms with E-state index < -0.39 is 17.3 Å². The van der Waals surface area contributed by atoms with Gasteiger partial charge in [-0.2, -0.15) is 0 Å². The van der Waals surface area contributed by atoms with Gasteiger partial charge in [0.1, 0.15) is 5.41 Å². The summed E-state index contributed by atoms with van der Waals surface area (Å²) in [6.45, 7) is 4.68. The summed E-state index contributed by atoms with van der Waals surface area (Å²) in [6, 6.07) is 0. The molecule has 1 amide bonds. The number of aliphatic carboxylic acids is 1. The van der Waals surface area contributed by atoms with E-state index in [-0.39, 0.29) is 0 Å². The molecule has 0 bridgehead atoms. The molecule has 17 heavy (non-hydrogen) atoms. The Morgan fingerprint density at radius 2 is 2.06 bits per heavy atom. The van der Waals surface area contributed by atoms with Crippen LogP contribution in [0.15, 0.2) is 0 Å². The Kier molecular flexibility index (Phi) is 4.93. The van der Waals surface area contributed by atoms with E-state index >= 15 is 0 Å². The molecule has 1 saturated carbocycles. The van der Waals surface area contributed by atoms with Gasteiger partial charge in [0.2, 0.25) is 5.91 Å². The normalized spacial score (nSPS) is 15.6. The van der Waals surface area contributed by atoms with Crippen LogP contribution in [0.2, 0.25) is 0 Å². The molecule has 1 aliphatic rings. The summed E-state index contributed by atoms with van der Waals surface area (Å²) in [5.74, 6) is -0.817. The Morgan fingerprint density at radius 1 is 1.41 bits per heavy atom. The topological polar surface area (TPSA) is 75.6 Å². The number of carboxylic acids is 1. The predicted molar refractivity (Wildman–Crippen MR) is 62.6 cm³/mol. The van der Waals surface area contributed by atoms with E-state index in [2.05, 4.69) is 5.32 Å². The molecule has 2 N–H and O–H groups in total. The molecule has 5 nitrogen and oxygen atoms in total. The van der Waals surface area contributed by atoms with Crippen molar-refractivity contribution in [2.24, 2.45) is 11.3 Å². The lowest BCUT2D eigenvalue weighted by Crippen LogP contribution is -2.42. The number of rotatable bonds is 8. The van der Waals surface area contributed by atoms with Crippen molar-refractivity contribution in [3.63, 3.8) is 0 Å². The molecule has 0 heterocycles. The van der Waals surface area contributed by atoms with Crippen molar-refractivity contribution in [1.29, 1.82) is 0 Å². The maximum atomic E-state index is 11.5. The van der Waals surface area contributed by atoms with Crippen LogP contribution in [0.25, 0.3) is 0 Å². The molecular weight excluding hydrogens is 222 g/mol. The second kappa shape index (κ2) is 6.00. The van der Waals surface area contributed by atoms with Crippen LogP contribution in [-0.2, 0) is 14.3 Å². The molecule has 0 spiro atoms. The number of carbonyl (C=O) groups is 2. The van der Waals surface area contributed by atoms with Gasteiger partial charge in [-0.3, -0.25) is 9.59 Å². The number of hydrogen-bond acceptors (Lipinski definition) is 3. The summed E-state index contributed by atoms with van der Waals surface area (Å²) in [7, 11) is 0. The van der Waals surface area contributed by atoms with Crippen molar-refractivity contribution < 1.29 is 19.4 Å². The average molecular weight is 243 g/mol. The molecular formula is C12H21NO4. The van der Waals surface area contributed by atoms with Gasteiger partial charge < -0.3 is 15.2 Å². The molecule has 0 saturated heterocycles. The highest BCUT2D eigenvalue weighted by Crippen LogP contribution is 2.28. The summed E-state index contributed by atoms with van der Waals surface area (Å²) >= 11 is 0. The summed E-state index contributed by atoms with van der Waals surface area (Å²) < 4.78 is 5.40. The number of amides is 1. The molecule has 1 rings (SSSR count). The molecule has 5 heteroatoms. The van der Waals surface area contributed by atoms with Crippen LogP contribution in [0.5, 0.6) is 0 Å². The molecule has 0 unspecified atom stereocenters. The van der Waals surface area contributed by atoms with Gasteiger partial charge in [0, 0.05) is 19.8 Å². The molecule has 0 radical (unpaired) electrons. The Bertz CT molecular complexity index is 284. The first-order valence-electron chi connectivity index (χ1n) is 6.04. The highest BCUT2D eigenvalue weighted by atomic mass is 16.5. The summed E-state index contributed by atoms with van der Waals surface area (Å²) in [4.78, 5) is 22.3. The van der Waals surface area contributed by atoms with E-state index in [4.69, 9.17) is 9.84 Å². The van der Waals surface area contributed by atoms with Crippen LogP contribution in [0.4, 0.5) is 0 Å². The Hall–Kier alpha value is -1.10. The zero-order valence-electron chi connectivity index (χ0n) is 10.5. The molecule has 98 valence electrons. The van der Waals surface area contributed by atoms with Crippen LogP contribution >= 0.6 is 0 Å². The van der Waals surface area contributed by atoms with Gasteiger partial charge in [0.25, 0.3) is 0 Å². The lowest BCUT2D eigenvalue weighted by atomic mass is 9.93. The minimum atomic E-state index is -1.37. The van der Waals surface area contributed by atoms with E-state index in [1.807, 2.05) is 0 Å². The molecule has 0 aromatic carbocycles. The fraction of sp³-hybridized carbons (Fsp3) is 0.833. The number of nitrogens with one attached hydrogen (secondary N) is 1. The van der Waals surface area contributed by atoms with E-state index in [0.717, 1.165) is 12.5 Å². The van der Waals surface area contributed by atoms with Gasteiger partial charge in [0.05, 0.1) is 0 Å². The zero-order chi connectivity index (χ0) is 12.9. The third-order valence-electron chi connectivity index (χ3n) is 2.90. The maximum absolute atomic E-state index is 11.5. The maximum Gasteiger partial charge on any atom is 0.318 e. The summed E-state index contributed by atoms with van der Waals surface area (Å²) in [5, 5.41) is 11.4. The average Bonchev–Trinajstić information content (AvgIpc) is 3.06. The van der Waals surface area contributed by atoms with Gasteiger partial charge >= 0.3 is 5.97 Å². The smallest absolute Gasteiger partial charge is 0.318 e. The third kappa shape index (κ3) is 4.73. The van der Waals surface area contributed by atoms with Gasteiger partial charge in [-0.15, -0.1) is 0 Å². The number of carboxylic acid groups (broad SMARTS) is 1.